The van der Waals surface area contributed by atoms with Crippen LogP contribution in [0.1, 0.15) is 59.1 Å². The van der Waals surface area contributed by atoms with Gasteiger partial charge in [0.25, 0.3) is 0 Å². The number of aromatic nitrogens is 4. The van der Waals surface area contributed by atoms with E-state index >= 15 is 0 Å². The first-order valence-electron chi connectivity index (χ1n) is 11.1. The Morgan fingerprint density at radius 2 is 2.25 bits per heavy atom. The van der Waals surface area contributed by atoms with Crippen LogP contribution in [0.3, 0.4) is 0 Å². The molecule has 2 saturated heterocycles. The number of fused-ring (bicyclic) bond motifs is 2. The van der Waals surface area contributed by atoms with Crippen molar-refractivity contribution in [3.63, 3.8) is 0 Å². The Bertz CT molecular complexity index is 1100. The molecule has 2 aliphatic heterocycles. The molecule has 3 fully saturated rings. The van der Waals surface area contributed by atoms with Crippen LogP contribution in [0.25, 0.3) is 11.2 Å². The number of imidazole rings is 1. The maximum Gasteiger partial charge on any atom is 0.248 e. The topological polar surface area (TPSA) is 91.5 Å². The van der Waals surface area contributed by atoms with Crippen LogP contribution in [-0.2, 0) is 25.6 Å². The quantitative estimate of drug-likeness (QED) is 0.448. The fourth-order valence-corrected chi connectivity index (χ4v) is 12.6. The fraction of sp³-hybridized carbons (Fsp3) is 0.667. The number of hydrogen-bond acceptors (Lipinski definition) is 9. The summed E-state index contributed by atoms with van der Waals surface area (Å²) < 4.78 is 21.2. The Morgan fingerprint density at radius 3 is 3.00 bits per heavy atom. The van der Waals surface area contributed by atoms with Crippen molar-refractivity contribution in [2.75, 3.05) is 0 Å². The van der Waals surface area contributed by atoms with Gasteiger partial charge in [-0.05, 0) is 57.3 Å². The largest absolute Gasteiger partial charge is 0.492 e. The summed E-state index contributed by atoms with van der Waals surface area (Å²) in [7, 11) is 0. The van der Waals surface area contributed by atoms with Gasteiger partial charge in [0.1, 0.15) is 12.6 Å². The lowest BCUT2D eigenvalue weighted by molar-refractivity contribution is -0.0151. The van der Waals surface area contributed by atoms with Crippen LogP contribution in [0.4, 0.5) is 0 Å². The van der Waals surface area contributed by atoms with Gasteiger partial charge in [-0.2, -0.15) is 4.98 Å². The van der Waals surface area contributed by atoms with Crippen LogP contribution in [0, 0.1) is 5.92 Å². The molecule has 1 aliphatic carbocycles. The molecule has 0 unspecified atom stereocenters. The zero-order chi connectivity index (χ0) is 22.7. The van der Waals surface area contributed by atoms with Crippen LogP contribution in [0.15, 0.2) is 24.8 Å². The van der Waals surface area contributed by atoms with E-state index in [9.17, 15) is 5.11 Å². The highest BCUT2D eigenvalue weighted by molar-refractivity contribution is 8.68. The van der Waals surface area contributed by atoms with Crippen molar-refractivity contribution in [2.45, 2.75) is 82.2 Å². The third-order valence-corrected chi connectivity index (χ3v) is 12.7. The van der Waals surface area contributed by atoms with Crippen LogP contribution in [0.2, 0.25) is 0 Å². The molecule has 0 aromatic carbocycles. The fourth-order valence-electron chi connectivity index (χ4n) is 4.99. The lowest BCUT2D eigenvalue weighted by Crippen LogP contribution is -2.39. The van der Waals surface area contributed by atoms with Crippen molar-refractivity contribution in [1.29, 1.82) is 0 Å². The number of allylic oxidation sites excluding steroid dienone is 1. The predicted octanol–water partition coefficient (Wildman–Crippen LogP) is 5.11. The summed E-state index contributed by atoms with van der Waals surface area (Å²) in [6.45, 7) is 10.6. The van der Waals surface area contributed by atoms with E-state index < -0.39 is 5.69 Å². The molecule has 1 saturated carbocycles. The second kappa shape index (κ2) is 8.32. The molecule has 174 valence electrons. The molecular weight excluding hydrogens is 467 g/mol. The average Bonchev–Trinajstić information content (AvgIpc) is 3.40. The van der Waals surface area contributed by atoms with E-state index in [0.29, 0.717) is 23.5 Å². The highest BCUT2D eigenvalue weighted by Crippen LogP contribution is 2.76. The zero-order valence-corrected chi connectivity index (χ0v) is 21.0. The van der Waals surface area contributed by atoms with E-state index in [1.54, 1.807) is 17.7 Å². The van der Waals surface area contributed by atoms with Crippen LogP contribution >= 0.6 is 17.1 Å². The molecule has 5 rings (SSSR count). The van der Waals surface area contributed by atoms with Crippen molar-refractivity contribution in [2.24, 2.45) is 5.92 Å². The number of ether oxygens (including phenoxy) is 1. The van der Waals surface area contributed by atoms with Gasteiger partial charge in [-0.3, -0.25) is 4.57 Å². The summed E-state index contributed by atoms with van der Waals surface area (Å²) in [5.74, 6) is 0.354. The molecule has 0 spiro atoms. The molecule has 0 radical (unpaired) electrons. The molecule has 4 heterocycles. The monoisotopic (exact) mass is 496 g/mol. The van der Waals surface area contributed by atoms with E-state index in [-0.39, 0.29) is 35.2 Å². The highest BCUT2D eigenvalue weighted by Gasteiger charge is 2.54. The molecule has 0 bridgehead atoms. The summed E-state index contributed by atoms with van der Waals surface area (Å²) in [5, 5.41) is 9.95. The van der Waals surface area contributed by atoms with E-state index in [2.05, 4.69) is 42.3 Å². The number of nitrogens with zero attached hydrogens (tertiary/aromatic N) is 4. The van der Waals surface area contributed by atoms with Gasteiger partial charge < -0.3 is 18.9 Å². The Balaban J connectivity index is 1.33. The molecule has 11 heteroatoms. The maximum atomic E-state index is 9.95. The summed E-state index contributed by atoms with van der Waals surface area (Å²) in [6.07, 6.45) is 7.05. The molecular formula is C21H29N4O4PS2. The Morgan fingerprint density at radius 1 is 1.44 bits per heavy atom. The van der Waals surface area contributed by atoms with Crippen LogP contribution < -0.4 is 0 Å². The number of aromatic hydroxyl groups is 1. The van der Waals surface area contributed by atoms with Gasteiger partial charge in [0.15, 0.2) is 11.2 Å². The molecule has 2 aromatic rings. The minimum atomic E-state index is -2.51. The molecule has 1 N–H and O–H groups in total. The van der Waals surface area contributed by atoms with E-state index in [1.807, 2.05) is 4.57 Å². The van der Waals surface area contributed by atoms with E-state index in [1.165, 1.54) is 11.9 Å². The molecule has 7 atom stereocenters. The van der Waals surface area contributed by atoms with E-state index in [4.69, 9.17) is 25.6 Å². The minimum Gasteiger partial charge on any atom is -0.492 e. The van der Waals surface area contributed by atoms with Crippen molar-refractivity contribution in [3.05, 3.63) is 24.8 Å². The van der Waals surface area contributed by atoms with Crippen molar-refractivity contribution in [3.8, 4) is 5.88 Å². The number of rotatable bonds is 5. The van der Waals surface area contributed by atoms with Gasteiger partial charge in [-0.1, -0.05) is 30.5 Å². The van der Waals surface area contributed by atoms with Gasteiger partial charge in [0, 0.05) is 11.2 Å². The lowest BCUT2D eigenvalue weighted by Gasteiger charge is -2.37. The van der Waals surface area contributed by atoms with Crippen molar-refractivity contribution < 1.29 is 18.9 Å². The predicted molar refractivity (Wildman–Crippen MR) is 128 cm³/mol. The van der Waals surface area contributed by atoms with Crippen LogP contribution in [-0.4, -0.2) is 47.7 Å². The summed E-state index contributed by atoms with van der Waals surface area (Å²) >= 11 is 7.75. The first-order valence-corrected chi connectivity index (χ1v) is 15.1. The first kappa shape index (κ1) is 22.7. The Labute approximate surface area is 197 Å². The van der Waals surface area contributed by atoms with Gasteiger partial charge >= 0.3 is 0 Å². The van der Waals surface area contributed by atoms with Gasteiger partial charge in [-0.25, -0.2) is 9.97 Å². The normalized spacial score (nSPS) is 39.4. The second-order valence-corrected chi connectivity index (χ2v) is 15.8. The average molecular weight is 497 g/mol. The first-order chi connectivity index (χ1) is 15.2. The number of hydrogen-bond donors (Lipinski definition) is 1. The van der Waals surface area contributed by atoms with Gasteiger partial charge in [-0.15, -0.1) is 0 Å². The summed E-state index contributed by atoms with van der Waals surface area (Å²) in [6, 6.07) is 0. The van der Waals surface area contributed by atoms with E-state index in [0.717, 1.165) is 25.7 Å². The zero-order valence-electron chi connectivity index (χ0n) is 18.5. The van der Waals surface area contributed by atoms with Crippen molar-refractivity contribution >= 4 is 40.0 Å². The highest BCUT2D eigenvalue weighted by atomic mass is 32.9. The molecule has 8 nitrogen and oxygen atoms in total. The second-order valence-electron chi connectivity index (χ2n) is 9.20. The molecule has 32 heavy (non-hydrogen) atoms. The molecule has 3 aliphatic rings. The Hall–Kier alpha value is -1.03. The van der Waals surface area contributed by atoms with Gasteiger partial charge in [0.05, 0.1) is 24.6 Å². The Kier molecular flexibility index (Phi) is 5.92. The summed E-state index contributed by atoms with van der Waals surface area (Å²) in [4.78, 5) is 12.3. The summed E-state index contributed by atoms with van der Waals surface area (Å²) in [5.41, 5.74) is -0.383. The van der Waals surface area contributed by atoms with Gasteiger partial charge in [0.2, 0.25) is 11.6 Å². The lowest BCUT2D eigenvalue weighted by atomic mass is 9.77. The molecule has 2 aromatic heterocycles. The third kappa shape index (κ3) is 3.93. The maximum absolute atomic E-state index is 9.95. The standard InChI is InChI=1S/C21H29N4O4PS2/c1-5-14-15(9-17(27-14)25-11-24-18-19(25)22-10-23-20(18)26)28-30(31)29-16-8-13(12(2)3)6-7-21(16,4)32-30/h10-11,13-17H,2,5-9H2,1,3-4H3,(H,22,23,26)/t13-,14+,15-,16+,17+,21+,30+/m0/s1. The van der Waals surface area contributed by atoms with Crippen LogP contribution in [0.5, 0.6) is 5.88 Å². The SMILES string of the molecule is C=C(C)[C@H]1CC[C@@]2(C)S[P@](=S)(O[C@H]3C[C@H](n4cnc5c(O)ncnc54)O[C@@H]3CC)O[C@@H]2C1. The molecule has 0 amide bonds. The smallest absolute Gasteiger partial charge is 0.248 e. The van der Waals surface area contributed by atoms with Crippen molar-refractivity contribution in [1.82, 2.24) is 19.5 Å². The third-order valence-electron chi connectivity index (χ3n) is 6.94. The minimum absolute atomic E-state index is 0.00293.